The minimum Gasteiger partial charge on any atom is -0.492 e. The fourth-order valence-corrected chi connectivity index (χ4v) is 3.17. The van der Waals surface area contributed by atoms with Gasteiger partial charge >= 0.3 is 0 Å². The van der Waals surface area contributed by atoms with Crippen LogP contribution in [0.2, 0.25) is 0 Å². The molecule has 0 saturated carbocycles. The molecule has 25 heavy (non-hydrogen) atoms. The lowest BCUT2D eigenvalue weighted by Gasteiger charge is -2.40. The molecule has 1 aliphatic rings. The van der Waals surface area contributed by atoms with Gasteiger partial charge in [0.1, 0.15) is 17.3 Å². The lowest BCUT2D eigenvalue weighted by Crippen LogP contribution is -2.44. The van der Waals surface area contributed by atoms with Gasteiger partial charge in [0.2, 0.25) is 5.88 Å². The van der Waals surface area contributed by atoms with Crippen LogP contribution in [0.3, 0.4) is 0 Å². The summed E-state index contributed by atoms with van der Waals surface area (Å²) in [7, 11) is 1.70. The van der Waals surface area contributed by atoms with Crippen molar-refractivity contribution in [2.75, 3.05) is 25.1 Å². The van der Waals surface area contributed by atoms with E-state index in [-0.39, 0.29) is 22.8 Å². The van der Waals surface area contributed by atoms with E-state index in [0.29, 0.717) is 35.4 Å². The van der Waals surface area contributed by atoms with Gasteiger partial charge in [-0.3, -0.25) is 9.78 Å². The highest BCUT2D eigenvalue weighted by Crippen LogP contribution is 2.37. The maximum atomic E-state index is 11.7. The monoisotopic (exact) mass is 340 g/mol. The lowest BCUT2D eigenvalue weighted by molar-refractivity contribution is -0.0132. The molecule has 3 rings (SSSR count). The number of methoxy groups -OCH3 is 1. The van der Waals surface area contributed by atoms with Crippen LogP contribution in [0.25, 0.3) is 10.9 Å². The Kier molecular flexibility index (Phi) is 4.31. The predicted molar refractivity (Wildman–Crippen MR) is 92.8 cm³/mol. The first-order valence-corrected chi connectivity index (χ1v) is 8.12. The molecule has 3 heterocycles. The molecule has 130 valence electrons. The van der Waals surface area contributed by atoms with Gasteiger partial charge in [0.15, 0.2) is 5.78 Å². The molecule has 2 aromatic heterocycles. The zero-order valence-corrected chi connectivity index (χ0v) is 14.5. The molecule has 0 radical (unpaired) electrons. The number of rotatable bonds is 3. The number of aromatic hydroxyl groups is 1. The average Bonchev–Trinajstić information content (AvgIpc) is 2.61. The van der Waals surface area contributed by atoms with Gasteiger partial charge in [0, 0.05) is 32.5 Å². The standard InChI is InChI=1S/C18H20N4O3/c1-11(23)14-8-12-15(10-20-14)21-17(24)13(9-19)16(12)22-6-4-18(2,25-3)5-7-22/h8,10H,4-7H2,1-3H3,(H,21,24). The number of carbonyl (C=O) groups excluding carboxylic acids is 1. The molecule has 2 aromatic rings. The number of hydrogen-bond donors (Lipinski definition) is 1. The topological polar surface area (TPSA) is 99.3 Å². The summed E-state index contributed by atoms with van der Waals surface area (Å²) in [5, 5.41) is 20.3. The fourth-order valence-electron chi connectivity index (χ4n) is 3.17. The van der Waals surface area contributed by atoms with Crippen molar-refractivity contribution in [3.05, 3.63) is 23.5 Å². The van der Waals surface area contributed by atoms with E-state index in [0.717, 1.165) is 12.8 Å². The molecule has 0 aromatic carbocycles. The molecule has 0 bridgehead atoms. The summed E-state index contributed by atoms with van der Waals surface area (Å²) in [6.07, 6.45) is 3.05. The zero-order chi connectivity index (χ0) is 18.2. The van der Waals surface area contributed by atoms with Crippen LogP contribution < -0.4 is 4.90 Å². The summed E-state index contributed by atoms with van der Waals surface area (Å²) >= 11 is 0. The molecule has 0 aliphatic carbocycles. The number of anilines is 1. The van der Waals surface area contributed by atoms with Crippen LogP contribution in [0.5, 0.6) is 5.88 Å². The van der Waals surface area contributed by atoms with Crippen LogP contribution in [0.1, 0.15) is 42.7 Å². The number of ether oxygens (including phenoxy) is 1. The van der Waals surface area contributed by atoms with Crippen molar-refractivity contribution in [1.29, 1.82) is 5.26 Å². The number of nitrogens with zero attached hydrogens (tertiary/aromatic N) is 4. The molecule has 1 aliphatic heterocycles. The Morgan fingerprint density at radius 3 is 2.68 bits per heavy atom. The lowest BCUT2D eigenvalue weighted by atomic mass is 9.92. The molecule has 1 fully saturated rings. The number of Topliss-reactive ketones (excluding diaryl/α,β-unsaturated/α-hetero) is 1. The molecule has 1 saturated heterocycles. The number of carbonyl (C=O) groups is 1. The van der Waals surface area contributed by atoms with E-state index in [2.05, 4.69) is 16.9 Å². The van der Waals surface area contributed by atoms with Crippen molar-refractivity contribution in [2.24, 2.45) is 0 Å². The summed E-state index contributed by atoms with van der Waals surface area (Å²) in [4.78, 5) is 21.9. The number of nitriles is 1. The first-order valence-electron chi connectivity index (χ1n) is 8.12. The Labute approximate surface area is 145 Å². The van der Waals surface area contributed by atoms with E-state index in [1.165, 1.54) is 13.1 Å². The first kappa shape index (κ1) is 17.1. The second kappa shape index (κ2) is 6.30. The van der Waals surface area contributed by atoms with Gasteiger partial charge in [-0.15, -0.1) is 0 Å². The van der Waals surface area contributed by atoms with Crippen LogP contribution in [0.15, 0.2) is 12.3 Å². The van der Waals surface area contributed by atoms with Crippen molar-refractivity contribution in [1.82, 2.24) is 9.97 Å². The molecule has 0 spiro atoms. The predicted octanol–water partition coefficient (Wildman–Crippen LogP) is 2.41. The normalized spacial score (nSPS) is 16.6. The number of pyridine rings is 2. The van der Waals surface area contributed by atoms with E-state index in [4.69, 9.17) is 4.74 Å². The number of aromatic nitrogens is 2. The number of fused-ring (bicyclic) bond motifs is 1. The smallest absolute Gasteiger partial charge is 0.232 e. The van der Waals surface area contributed by atoms with Crippen molar-refractivity contribution < 1.29 is 14.6 Å². The third kappa shape index (κ3) is 3.01. The van der Waals surface area contributed by atoms with Gasteiger partial charge < -0.3 is 14.7 Å². The highest BCUT2D eigenvalue weighted by molar-refractivity contribution is 6.01. The Morgan fingerprint density at radius 2 is 2.12 bits per heavy atom. The Bertz CT molecular complexity index is 880. The van der Waals surface area contributed by atoms with Gasteiger partial charge in [-0.2, -0.15) is 5.26 Å². The fraction of sp³-hybridized carbons (Fsp3) is 0.444. The molecule has 0 amide bonds. The first-order chi connectivity index (χ1) is 11.9. The van der Waals surface area contributed by atoms with E-state index in [1.54, 1.807) is 13.2 Å². The second-order valence-electron chi connectivity index (χ2n) is 6.55. The van der Waals surface area contributed by atoms with Gasteiger partial charge in [-0.25, -0.2) is 4.98 Å². The minimum absolute atomic E-state index is 0.120. The highest BCUT2D eigenvalue weighted by Gasteiger charge is 2.32. The zero-order valence-electron chi connectivity index (χ0n) is 14.5. The molecule has 7 nitrogen and oxygen atoms in total. The van der Waals surface area contributed by atoms with Crippen molar-refractivity contribution >= 4 is 22.4 Å². The number of piperidine rings is 1. The summed E-state index contributed by atoms with van der Waals surface area (Å²) in [6.45, 7) is 4.86. The Morgan fingerprint density at radius 1 is 1.44 bits per heavy atom. The van der Waals surface area contributed by atoms with Crippen LogP contribution >= 0.6 is 0 Å². The third-order valence-electron chi connectivity index (χ3n) is 4.93. The van der Waals surface area contributed by atoms with Gasteiger partial charge in [0.25, 0.3) is 0 Å². The second-order valence-corrected chi connectivity index (χ2v) is 6.55. The van der Waals surface area contributed by atoms with Crippen LogP contribution in [-0.2, 0) is 4.74 Å². The van der Waals surface area contributed by atoms with Crippen LogP contribution in [-0.4, -0.2) is 46.7 Å². The molecular formula is C18H20N4O3. The van der Waals surface area contributed by atoms with Crippen molar-refractivity contribution in [3.8, 4) is 11.9 Å². The van der Waals surface area contributed by atoms with Gasteiger partial charge in [-0.05, 0) is 25.8 Å². The largest absolute Gasteiger partial charge is 0.492 e. The Hall–Kier alpha value is -2.72. The maximum absolute atomic E-state index is 11.7. The quantitative estimate of drug-likeness (QED) is 0.856. The summed E-state index contributed by atoms with van der Waals surface area (Å²) in [6, 6.07) is 3.69. The van der Waals surface area contributed by atoms with E-state index < -0.39 is 0 Å². The van der Waals surface area contributed by atoms with E-state index in [9.17, 15) is 15.2 Å². The molecule has 0 atom stereocenters. The van der Waals surface area contributed by atoms with Crippen molar-refractivity contribution in [2.45, 2.75) is 32.3 Å². The SMILES string of the molecule is COC1(C)CCN(c2c(C#N)c(O)nc3cnc(C(C)=O)cc23)CC1. The molecule has 0 unspecified atom stereocenters. The number of ketones is 1. The summed E-state index contributed by atoms with van der Waals surface area (Å²) in [5.74, 6) is -0.479. The number of hydrogen-bond acceptors (Lipinski definition) is 7. The molecular weight excluding hydrogens is 320 g/mol. The molecule has 7 heteroatoms. The third-order valence-corrected chi connectivity index (χ3v) is 4.93. The van der Waals surface area contributed by atoms with Crippen LogP contribution in [0.4, 0.5) is 5.69 Å². The minimum atomic E-state index is -0.317. The molecule has 1 N–H and O–H groups in total. The summed E-state index contributed by atoms with van der Waals surface area (Å²) in [5.41, 5.74) is 1.29. The van der Waals surface area contributed by atoms with E-state index >= 15 is 0 Å². The van der Waals surface area contributed by atoms with Crippen molar-refractivity contribution in [3.63, 3.8) is 0 Å². The highest BCUT2D eigenvalue weighted by atomic mass is 16.5. The summed E-state index contributed by atoms with van der Waals surface area (Å²) < 4.78 is 5.57. The van der Waals surface area contributed by atoms with E-state index in [1.807, 2.05) is 11.0 Å². The maximum Gasteiger partial charge on any atom is 0.232 e. The van der Waals surface area contributed by atoms with Crippen LogP contribution in [0, 0.1) is 11.3 Å². The van der Waals surface area contributed by atoms with Gasteiger partial charge in [0.05, 0.1) is 23.0 Å². The average molecular weight is 340 g/mol. The van der Waals surface area contributed by atoms with Gasteiger partial charge in [-0.1, -0.05) is 0 Å². The Balaban J connectivity index is 2.16.